The number of phenolic OH excluding ortho intramolecular Hbond substituents is 2. The van der Waals surface area contributed by atoms with Gasteiger partial charge in [-0.3, -0.25) is 0 Å². The van der Waals surface area contributed by atoms with E-state index in [1.807, 2.05) is 12.1 Å². The molecule has 24 heavy (non-hydrogen) atoms. The van der Waals surface area contributed by atoms with E-state index in [1.54, 1.807) is 12.1 Å². The van der Waals surface area contributed by atoms with Crippen LogP contribution in [0.4, 0.5) is 0 Å². The summed E-state index contributed by atoms with van der Waals surface area (Å²) in [5, 5.41) is 19.0. The minimum Gasteiger partial charge on any atom is -0.508 e. The van der Waals surface area contributed by atoms with Crippen molar-refractivity contribution in [2.24, 2.45) is 5.92 Å². The summed E-state index contributed by atoms with van der Waals surface area (Å²) in [5.41, 5.74) is 2.87. The first-order chi connectivity index (χ1) is 11.5. The van der Waals surface area contributed by atoms with Crippen molar-refractivity contribution in [3.63, 3.8) is 0 Å². The van der Waals surface area contributed by atoms with Gasteiger partial charge < -0.3 is 10.2 Å². The minimum atomic E-state index is 0.174. The molecule has 2 aromatic carbocycles. The lowest BCUT2D eigenvalue weighted by Crippen LogP contribution is -2.34. The Hall–Kier alpha value is -1.96. The number of rotatable bonds is 4. The molecule has 0 radical (unpaired) electrons. The van der Waals surface area contributed by atoms with Crippen molar-refractivity contribution >= 4 is 0 Å². The Bertz CT molecular complexity index is 651. The topological polar surface area (TPSA) is 40.5 Å². The normalized spacial score (nSPS) is 23.6. The van der Waals surface area contributed by atoms with Gasteiger partial charge in [0.05, 0.1) is 0 Å². The second kappa shape index (κ2) is 6.88. The van der Waals surface area contributed by atoms with E-state index in [1.165, 1.54) is 36.8 Å². The summed E-state index contributed by atoms with van der Waals surface area (Å²) in [6, 6.07) is 15.5. The van der Waals surface area contributed by atoms with Crippen LogP contribution in [-0.2, 0) is 5.41 Å². The van der Waals surface area contributed by atoms with Crippen LogP contribution in [0.2, 0.25) is 0 Å². The minimum absolute atomic E-state index is 0.174. The van der Waals surface area contributed by atoms with Crippen molar-refractivity contribution in [1.82, 2.24) is 0 Å². The number of phenols is 2. The van der Waals surface area contributed by atoms with Gasteiger partial charge in [-0.2, -0.15) is 0 Å². The van der Waals surface area contributed by atoms with Crippen LogP contribution >= 0.6 is 0 Å². The SMILES string of the molecule is CCC(C)(c1ccc(O)cc1)C1CCC(c2ccc(O)cc2)CC1. The van der Waals surface area contributed by atoms with Crippen LogP contribution in [0.1, 0.15) is 63.0 Å². The van der Waals surface area contributed by atoms with Gasteiger partial charge in [0.2, 0.25) is 0 Å². The van der Waals surface area contributed by atoms with Crippen LogP contribution in [0.25, 0.3) is 0 Å². The number of hydrogen-bond acceptors (Lipinski definition) is 2. The zero-order valence-electron chi connectivity index (χ0n) is 14.7. The van der Waals surface area contributed by atoms with Crippen LogP contribution in [-0.4, -0.2) is 10.2 Å². The van der Waals surface area contributed by atoms with E-state index in [9.17, 15) is 10.2 Å². The van der Waals surface area contributed by atoms with E-state index in [4.69, 9.17) is 0 Å². The van der Waals surface area contributed by atoms with Gasteiger partial charge in [0.1, 0.15) is 11.5 Å². The lowest BCUT2D eigenvalue weighted by Gasteiger charge is -2.42. The molecule has 0 bridgehead atoms. The maximum Gasteiger partial charge on any atom is 0.115 e. The molecule has 0 amide bonds. The predicted molar refractivity (Wildman–Crippen MR) is 98.6 cm³/mol. The van der Waals surface area contributed by atoms with Gasteiger partial charge in [-0.15, -0.1) is 0 Å². The molecule has 0 saturated heterocycles. The summed E-state index contributed by atoms with van der Waals surface area (Å²) in [6.07, 6.45) is 6.01. The van der Waals surface area contributed by atoms with Crippen molar-refractivity contribution in [3.8, 4) is 11.5 Å². The quantitative estimate of drug-likeness (QED) is 0.753. The van der Waals surface area contributed by atoms with Crippen LogP contribution in [0.3, 0.4) is 0 Å². The highest BCUT2D eigenvalue weighted by atomic mass is 16.3. The molecule has 2 N–H and O–H groups in total. The second-order valence-corrected chi connectivity index (χ2v) is 7.46. The van der Waals surface area contributed by atoms with Gasteiger partial charge in [0, 0.05) is 0 Å². The molecule has 0 aliphatic heterocycles. The van der Waals surface area contributed by atoms with Gasteiger partial charge in [0.15, 0.2) is 0 Å². The maximum absolute atomic E-state index is 9.57. The molecule has 1 saturated carbocycles. The monoisotopic (exact) mass is 324 g/mol. The molecule has 1 fully saturated rings. The zero-order chi connectivity index (χ0) is 17.2. The van der Waals surface area contributed by atoms with Gasteiger partial charge in [-0.05, 0) is 84.7 Å². The lowest BCUT2D eigenvalue weighted by molar-refractivity contribution is 0.199. The summed E-state index contributed by atoms with van der Waals surface area (Å²) in [6.45, 7) is 4.66. The highest BCUT2D eigenvalue weighted by Crippen LogP contribution is 2.47. The van der Waals surface area contributed by atoms with Crippen LogP contribution < -0.4 is 0 Å². The van der Waals surface area contributed by atoms with Crippen LogP contribution in [0.15, 0.2) is 48.5 Å². The third-order valence-corrected chi connectivity index (χ3v) is 6.25. The Morgan fingerprint density at radius 2 is 1.33 bits per heavy atom. The molecule has 1 atom stereocenters. The first-order valence-corrected chi connectivity index (χ1v) is 9.11. The van der Waals surface area contributed by atoms with Crippen molar-refractivity contribution in [2.45, 2.75) is 57.3 Å². The summed E-state index contributed by atoms with van der Waals surface area (Å²) in [4.78, 5) is 0. The molecule has 2 aromatic rings. The average molecular weight is 324 g/mol. The van der Waals surface area contributed by atoms with Gasteiger partial charge >= 0.3 is 0 Å². The molecule has 0 heterocycles. The average Bonchev–Trinajstić information content (AvgIpc) is 2.62. The molecular formula is C22H28O2. The van der Waals surface area contributed by atoms with Crippen molar-refractivity contribution in [2.75, 3.05) is 0 Å². The van der Waals surface area contributed by atoms with Gasteiger partial charge in [-0.25, -0.2) is 0 Å². The van der Waals surface area contributed by atoms with E-state index >= 15 is 0 Å². The van der Waals surface area contributed by atoms with E-state index in [0.717, 1.165) is 6.42 Å². The smallest absolute Gasteiger partial charge is 0.115 e. The zero-order valence-corrected chi connectivity index (χ0v) is 14.7. The Balaban J connectivity index is 1.72. The summed E-state index contributed by atoms with van der Waals surface area (Å²) in [5.74, 6) is 1.98. The number of benzene rings is 2. The fourth-order valence-corrected chi connectivity index (χ4v) is 4.38. The Labute approximate surface area is 145 Å². The first-order valence-electron chi connectivity index (χ1n) is 9.11. The fraction of sp³-hybridized carbons (Fsp3) is 0.455. The van der Waals surface area contributed by atoms with Crippen molar-refractivity contribution < 1.29 is 10.2 Å². The van der Waals surface area contributed by atoms with E-state index in [2.05, 4.69) is 38.1 Å². The molecule has 0 aromatic heterocycles. The third kappa shape index (κ3) is 3.28. The van der Waals surface area contributed by atoms with E-state index in [0.29, 0.717) is 23.3 Å². The molecule has 1 unspecified atom stereocenters. The molecule has 1 aliphatic carbocycles. The van der Waals surface area contributed by atoms with Crippen LogP contribution in [0.5, 0.6) is 11.5 Å². The lowest BCUT2D eigenvalue weighted by atomic mass is 9.63. The third-order valence-electron chi connectivity index (χ3n) is 6.25. The van der Waals surface area contributed by atoms with E-state index < -0.39 is 0 Å². The Kier molecular flexibility index (Phi) is 4.84. The van der Waals surface area contributed by atoms with Crippen LogP contribution in [0, 0.1) is 5.92 Å². The predicted octanol–water partition coefficient (Wildman–Crippen LogP) is 5.74. The molecule has 128 valence electrons. The number of hydrogen-bond donors (Lipinski definition) is 2. The summed E-state index contributed by atoms with van der Waals surface area (Å²) < 4.78 is 0. The first kappa shape index (κ1) is 16.9. The van der Waals surface area contributed by atoms with Gasteiger partial charge in [-0.1, -0.05) is 38.1 Å². The number of aromatic hydroxyl groups is 2. The highest BCUT2D eigenvalue weighted by molar-refractivity contribution is 5.32. The second-order valence-electron chi connectivity index (χ2n) is 7.46. The molecular weight excluding hydrogens is 296 g/mol. The summed E-state index contributed by atoms with van der Waals surface area (Å²) in [7, 11) is 0. The molecule has 2 heteroatoms. The van der Waals surface area contributed by atoms with E-state index in [-0.39, 0.29) is 5.41 Å². The Morgan fingerprint density at radius 1 is 0.833 bits per heavy atom. The maximum atomic E-state index is 9.57. The molecule has 1 aliphatic rings. The standard InChI is InChI=1S/C22H28O2/c1-3-22(2,19-10-14-21(24)15-11-19)18-8-4-16(5-9-18)17-6-12-20(23)13-7-17/h6-7,10-16,18,23-24H,3-5,8-9H2,1-2H3. The molecule has 0 spiro atoms. The molecule has 3 rings (SSSR count). The van der Waals surface area contributed by atoms with Gasteiger partial charge in [0.25, 0.3) is 0 Å². The van der Waals surface area contributed by atoms with Crippen molar-refractivity contribution in [1.29, 1.82) is 0 Å². The van der Waals surface area contributed by atoms with Crippen molar-refractivity contribution in [3.05, 3.63) is 59.7 Å². The largest absolute Gasteiger partial charge is 0.508 e. The highest BCUT2D eigenvalue weighted by Gasteiger charge is 2.37. The summed E-state index contributed by atoms with van der Waals surface area (Å²) >= 11 is 0. The molecule has 2 nitrogen and oxygen atoms in total. The fourth-order valence-electron chi connectivity index (χ4n) is 4.38. The Morgan fingerprint density at radius 3 is 1.83 bits per heavy atom.